The Bertz CT molecular complexity index is 308. The van der Waals surface area contributed by atoms with Gasteiger partial charge in [-0.3, -0.25) is 0 Å². The quantitative estimate of drug-likeness (QED) is 0.746. The fraction of sp³-hybridized carbons (Fsp3) is 0.400. The minimum atomic E-state index is 0.647. The van der Waals surface area contributed by atoms with Gasteiger partial charge in [-0.1, -0.05) is 29.3 Å². The molecule has 3 heteroatoms. The molecule has 0 aliphatic carbocycles. The van der Waals surface area contributed by atoms with Crippen LogP contribution in [0, 0.1) is 5.92 Å². The topological polar surface area (TPSA) is 0 Å². The molecule has 0 amide bonds. The lowest BCUT2D eigenvalue weighted by Crippen LogP contribution is -2.20. The molecule has 13 heavy (non-hydrogen) atoms. The zero-order valence-electron chi connectivity index (χ0n) is 7.09. The van der Waals surface area contributed by atoms with Crippen LogP contribution in [-0.2, 0) is 6.42 Å². The molecule has 1 aliphatic heterocycles. The Morgan fingerprint density at radius 3 is 2.54 bits per heavy atom. The van der Waals surface area contributed by atoms with Crippen molar-refractivity contribution in [2.24, 2.45) is 5.92 Å². The minimum Gasteiger partial charge on any atom is -0.161 e. The highest BCUT2D eigenvalue weighted by molar-refractivity contribution is 8.00. The van der Waals surface area contributed by atoms with Gasteiger partial charge in [-0.05, 0) is 41.5 Å². The minimum absolute atomic E-state index is 0.647. The molecule has 1 aromatic carbocycles. The maximum Gasteiger partial charge on any atom is 0.0595 e. The summed E-state index contributed by atoms with van der Waals surface area (Å²) >= 11 is 13.8. The molecule has 1 heterocycles. The van der Waals surface area contributed by atoms with Crippen LogP contribution in [0.15, 0.2) is 18.2 Å². The summed E-state index contributed by atoms with van der Waals surface area (Å²) in [6, 6.07) is 5.93. The van der Waals surface area contributed by atoms with Gasteiger partial charge >= 0.3 is 0 Å². The van der Waals surface area contributed by atoms with E-state index in [2.05, 4.69) is 6.07 Å². The lowest BCUT2D eigenvalue weighted by molar-refractivity contribution is 0.637. The molecular weight excluding hydrogens is 223 g/mol. The van der Waals surface area contributed by atoms with Crippen LogP contribution in [0.5, 0.6) is 0 Å². The van der Waals surface area contributed by atoms with Gasteiger partial charge in [-0.25, -0.2) is 0 Å². The SMILES string of the molecule is Clc1ccc(CC2CSC2)cc1Cl. The van der Waals surface area contributed by atoms with Crippen molar-refractivity contribution in [2.75, 3.05) is 11.5 Å². The summed E-state index contributed by atoms with van der Waals surface area (Å²) in [5.41, 5.74) is 1.31. The molecule has 2 rings (SSSR count). The third kappa shape index (κ3) is 2.34. The van der Waals surface area contributed by atoms with Crippen molar-refractivity contribution in [3.8, 4) is 0 Å². The fourth-order valence-corrected chi connectivity index (χ4v) is 2.53. The van der Waals surface area contributed by atoms with E-state index >= 15 is 0 Å². The van der Waals surface area contributed by atoms with Crippen molar-refractivity contribution in [1.29, 1.82) is 0 Å². The first kappa shape index (κ1) is 9.70. The molecule has 0 spiro atoms. The number of rotatable bonds is 2. The third-order valence-electron chi connectivity index (χ3n) is 2.22. The van der Waals surface area contributed by atoms with E-state index in [1.807, 2.05) is 23.9 Å². The second-order valence-electron chi connectivity index (χ2n) is 3.36. The molecule has 0 N–H and O–H groups in total. The highest BCUT2D eigenvalue weighted by Gasteiger charge is 2.18. The number of thioether (sulfide) groups is 1. The van der Waals surface area contributed by atoms with E-state index in [0.717, 1.165) is 12.3 Å². The van der Waals surface area contributed by atoms with Crippen LogP contribution in [0.1, 0.15) is 5.56 Å². The second kappa shape index (κ2) is 4.12. The summed E-state index contributed by atoms with van der Waals surface area (Å²) in [6.07, 6.45) is 1.14. The Morgan fingerprint density at radius 1 is 1.23 bits per heavy atom. The fourth-order valence-electron chi connectivity index (χ4n) is 1.40. The molecule has 1 saturated heterocycles. The van der Waals surface area contributed by atoms with Gasteiger partial charge in [0.2, 0.25) is 0 Å². The maximum atomic E-state index is 5.92. The number of halogens is 2. The van der Waals surface area contributed by atoms with Crippen molar-refractivity contribution in [3.05, 3.63) is 33.8 Å². The van der Waals surface area contributed by atoms with Gasteiger partial charge in [0.25, 0.3) is 0 Å². The van der Waals surface area contributed by atoms with Gasteiger partial charge < -0.3 is 0 Å². The van der Waals surface area contributed by atoms with E-state index in [9.17, 15) is 0 Å². The molecule has 0 unspecified atom stereocenters. The van der Waals surface area contributed by atoms with Gasteiger partial charge in [0, 0.05) is 0 Å². The van der Waals surface area contributed by atoms with Crippen LogP contribution in [0.2, 0.25) is 10.0 Å². The van der Waals surface area contributed by atoms with Crippen LogP contribution >= 0.6 is 35.0 Å². The Kier molecular flexibility index (Phi) is 3.07. The van der Waals surface area contributed by atoms with Gasteiger partial charge in [0.15, 0.2) is 0 Å². The average molecular weight is 233 g/mol. The predicted octanol–water partition coefficient (Wildman–Crippen LogP) is 3.90. The van der Waals surface area contributed by atoms with E-state index in [-0.39, 0.29) is 0 Å². The highest BCUT2D eigenvalue weighted by Crippen LogP contribution is 2.30. The van der Waals surface area contributed by atoms with Gasteiger partial charge in [-0.2, -0.15) is 11.8 Å². The van der Waals surface area contributed by atoms with Gasteiger partial charge in [0.05, 0.1) is 10.0 Å². The smallest absolute Gasteiger partial charge is 0.0595 e. The molecular formula is C10H10Cl2S. The molecule has 0 saturated carbocycles. The second-order valence-corrected chi connectivity index (χ2v) is 5.25. The Hall–Kier alpha value is 0.150. The van der Waals surface area contributed by atoms with Gasteiger partial charge in [-0.15, -0.1) is 0 Å². The molecule has 1 aromatic rings. The van der Waals surface area contributed by atoms with E-state index in [1.165, 1.54) is 17.1 Å². The first-order valence-electron chi connectivity index (χ1n) is 4.27. The summed E-state index contributed by atoms with van der Waals surface area (Å²) in [6.45, 7) is 0. The van der Waals surface area contributed by atoms with Crippen molar-refractivity contribution in [2.45, 2.75) is 6.42 Å². The number of hydrogen-bond acceptors (Lipinski definition) is 1. The van der Waals surface area contributed by atoms with Crippen LogP contribution in [0.4, 0.5) is 0 Å². The van der Waals surface area contributed by atoms with Crippen molar-refractivity contribution < 1.29 is 0 Å². The Balaban J connectivity index is 2.07. The summed E-state index contributed by atoms with van der Waals surface area (Å²) in [5, 5.41) is 1.32. The molecule has 0 atom stereocenters. The third-order valence-corrected chi connectivity index (χ3v) is 4.37. The lowest BCUT2D eigenvalue weighted by atomic mass is 10.0. The molecule has 0 aromatic heterocycles. The molecule has 1 aliphatic rings. The van der Waals surface area contributed by atoms with Gasteiger partial charge in [0.1, 0.15) is 0 Å². The highest BCUT2D eigenvalue weighted by atomic mass is 35.5. The van der Waals surface area contributed by atoms with E-state index in [4.69, 9.17) is 23.2 Å². The van der Waals surface area contributed by atoms with Crippen molar-refractivity contribution in [1.82, 2.24) is 0 Å². The van der Waals surface area contributed by atoms with Crippen molar-refractivity contribution >= 4 is 35.0 Å². The monoisotopic (exact) mass is 232 g/mol. The number of hydrogen-bond donors (Lipinski definition) is 0. The van der Waals surface area contributed by atoms with Crippen LogP contribution in [0.3, 0.4) is 0 Å². The summed E-state index contributed by atoms with van der Waals surface area (Å²) in [5.74, 6) is 3.43. The normalized spacial score (nSPS) is 17.1. The van der Waals surface area contributed by atoms with E-state index in [1.54, 1.807) is 0 Å². The zero-order valence-corrected chi connectivity index (χ0v) is 9.42. The Morgan fingerprint density at radius 2 is 2.00 bits per heavy atom. The van der Waals surface area contributed by atoms with Crippen LogP contribution in [-0.4, -0.2) is 11.5 Å². The number of benzene rings is 1. The summed E-state index contributed by atoms with van der Waals surface area (Å²) in [4.78, 5) is 0. The Labute approximate surface area is 92.6 Å². The molecule has 70 valence electrons. The molecule has 1 fully saturated rings. The molecule has 0 radical (unpaired) electrons. The van der Waals surface area contributed by atoms with Crippen LogP contribution in [0.25, 0.3) is 0 Å². The predicted molar refractivity (Wildman–Crippen MR) is 61.0 cm³/mol. The van der Waals surface area contributed by atoms with Crippen LogP contribution < -0.4 is 0 Å². The zero-order chi connectivity index (χ0) is 9.26. The average Bonchev–Trinajstić information content (AvgIpc) is 2.04. The standard InChI is InChI=1S/C10H10Cl2S/c11-9-2-1-7(4-10(9)12)3-8-5-13-6-8/h1-2,4,8H,3,5-6H2. The maximum absolute atomic E-state index is 5.92. The first-order valence-corrected chi connectivity index (χ1v) is 6.18. The summed E-state index contributed by atoms with van der Waals surface area (Å²) in [7, 11) is 0. The molecule has 0 bridgehead atoms. The summed E-state index contributed by atoms with van der Waals surface area (Å²) < 4.78 is 0. The van der Waals surface area contributed by atoms with E-state index < -0.39 is 0 Å². The molecule has 0 nitrogen and oxygen atoms in total. The largest absolute Gasteiger partial charge is 0.161 e. The van der Waals surface area contributed by atoms with Crippen molar-refractivity contribution in [3.63, 3.8) is 0 Å². The lowest BCUT2D eigenvalue weighted by Gasteiger charge is -2.24. The first-order chi connectivity index (χ1) is 6.25. The van der Waals surface area contributed by atoms with E-state index in [0.29, 0.717) is 10.0 Å².